The zero-order valence-corrected chi connectivity index (χ0v) is 10.3. The Labute approximate surface area is 112 Å². The number of anilines is 1. The summed E-state index contributed by atoms with van der Waals surface area (Å²) >= 11 is 0. The first-order valence-corrected chi connectivity index (χ1v) is 5.48. The number of benzene rings is 1. The second-order valence-corrected chi connectivity index (χ2v) is 3.77. The van der Waals surface area contributed by atoms with Crippen LogP contribution in [0.25, 0.3) is 11.3 Å². The smallest absolute Gasteiger partial charge is 0.507 e. The molecule has 0 atom stereocenters. The zero-order chi connectivity index (χ0) is 14.8. The van der Waals surface area contributed by atoms with Gasteiger partial charge in [0.25, 0.3) is 0 Å². The minimum Gasteiger partial charge on any atom is -0.507 e. The molecule has 106 valence electrons. The van der Waals surface area contributed by atoms with E-state index < -0.39 is 12.1 Å². The maximum absolute atomic E-state index is 12.2. The Morgan fingerprint density at radius 1 is 1.25 bits per heavy atom. The van der Waals surface area contributed by atoms with Crippen LogP contribution < -0.4 is 10.1 Å². The number of nitrogens with zero attached hydrogens (tertiary/aromatic N) is 2. The maximum atomic E-state index is 12.2. The molecule has 0 aliphatic heterocycles. The third kappa shape index (κ3) is 3.28. The van der Waals surface area contributed by atoms with Crippen molar-refractivity contribution in [1.29, 1.82) is 0 Å². The normalized spacial score (nSPS) is 11.2. The van der Waals surface area contributed by atoms with Crippen LogP contribution >= 0.6 is 0 Å². The van der Waals surface area contributed by atoms with Gasteiger partial charge in [0.2, 0.25) is 0 Å². The summed E-state index contributed by atoms with van der Waals surface area (Å²) < 4.78 is 40.3. The molecule has 5 nitrogen and oxygen atoms in total. The average Bonchev–Trinajstić information content (AvgIpc) is 2.39. The Kier molecular flexibility index (Phi) is 3.64. The quantitative estimate of drug-likeness (QED) is 0.907. The predicted octanol–water partition coefficient (Wildman–Crippen LogP) is 2.79. The van der Waals surface area contributed by atoms with Crippen molar-refractivity contribution >= 4 is 5.82 Å². The Morgan fingerprint density at radius 3 is 2.65 bits per heavy atom. The molecule has 2 N–H and O–H groups in total. The number of phenolic OH excluding ortho intramolecular Hbond substituents is 1. The first-order valence-electron chi connectivity index (χ1n) is 5.48. The van der Waals surface area contributed by atoms with Gasteiger partial charge in [-0.05, 0) is 18.2 Å². The van der Waals surface area contributed by atoms with Crippen LogP contribution in [0.3, 0.4) is 0 Å². The Balaban J connectivity index is 2.42. The Hall–Kier alpha value is -2.51. The van der Waals surface area contributed by atoms with E-state index >= 15 is 0 Å². The van der Waals surface area contributed by atoms with Crippen LogP contribution in [0.15, 0.2) is 30.6 Å². The van der Waals surface area contributed by atoms with Gasteiger partial charge in [0, 0.05) is 12.6 Å². The third-order valence-corrected chi connectivity index (χ3v) is 2.37. The lowest BCUT2D eigenvalue weighted by atomic mass is 10.1. The number of nitrogens with one attached hydrogen (secondary N) is 1. The number of alkyl halides is 3. The SMILES string of the molecule is CNc1cncc(-c2cc(OC(F)(F)F)ccc2O)n1. The average molecular weight is 285 g/mol. The minimum absolute atomic E-state index is 0.0938. The number of halogens is 3. The molecule has 0 fully saturated rings. The first-order chi connectivity index (χ1) is 9.39. The lowest BCUT2D eigenvalue weighted by Crippen LogP contribution is -2.17. The summed E-state index contributed by atoms with van der Waals surface area (Å²) in [6, 6.07) is 3.16. The van der Waals surface area contributed by atoms with Crippen LogP contribution in [0.4, 0.5) is 19.0 Å². The lowest BCUT2D eigenvalue weighted by molar-refractivity contribution is -0.274. The van der Waals surface area contributed by atoms with Crippen molar-refractivity contribution < 1.29 is 23.0 Å². The molecule has 0 saturated heterocycles. The molecular weight excluding hydrogens is 275 g/mol. The van der Waals surface area contributed by atoms with E-state index in [1.165, 1.54) is 12.4 Å². The van der Waals surface area contributed by atoms with Gasteiger partial charge in [-0.3, -0.25) is 4.98 Å². The monoisotopic (exact) mass is 285 g/mol. The number of aromatic hydroxyl groups is 1. The van der Waals surface area contributed by atoms with E-state index in [9.17, 15) is 18.3 Å². The number of hydrogen-bond donors (Lipinski definition) is 2. The van der Waals surface area contributed by atoms with Crippen LogP contribution in [0.1, 0.15) is 0 Å². The highest BCUT2D eigenvalue weighted by molar-refractivity contribution is 5.68. The van der Waals surface area contributed by atoms with Gasteiger partial charge in [-0.1, -0.05) is 0 Å². The summed E-state index contributed by atoms with van der Waals surface area (Å²) in [5, 5.41) is 12.5. The molecule has 0 amide bonds. The molecule has 1 heterocycles. The number of phenols is 1. The van der Waals surface area contributed by atoms with E-state index in [4.69, 9.17) is 0 Å². The molecule has 0 unspecified atom stereocenters. The molecule has 2 rings (SSSR count). The molecular formula is C12H10F3N3O2. The summed E-state index contributed by atoms with van der Waals surface area (Å²) in [7, 11) is 1.62. The summed E-state index contributed by atoms with van der Waals surface area (Å²) in [6.07, 6.45) is -2.03. The van der Waals surface area contributed by atoms with E-state index in [1.54, 1.807) is 7.05 Å². The lowest BCUT2D eigenvalue weighted by Gasteiger charge is -2.11. The van der Waals surface area contributed by atoms with Gasteiger partial charge in [0.1, 0.15) is 17.3 Å². The number of ether oxygens (including phenoxy) is 1. The van der Waals surface area contributed by atoms with Gasteiger partial charge >= 0.3 is 6.36 Å². The molecule has 0 spiro atoms. The van der Waals surface area contributed by atoms with Gasteiger partial charge in [-0.25, -0.2) is 4.98 Å². The molecule has 0 radical (unpaired) electrons. The highest BCUT2D eigenvalue weighted by Crippen LogP contribution is 2.33. The second-order valence-electron chi connectivity index (χ2n) is 3.77. The first kappa shape index (κ1) is 13.9. The van der Waals surface area contributed by atoms with E-state index in [0.29, 0.717) is 5.82 Å². The van der Waals surface area contributed by atoms with E-state index in [1.807, 2.05) is 0 Å². The topological polar surface area (TPSA) is 67.3 Å². The summed E-state index contributed by atoms with van der Waals surface area (Å²) in [5.41, 5.74) is 0.318. The zero-order valence-electron chi connectivity index (χ0n) is 10.3. The molecule has 8 heteroatoms. The molecule has 1 aromatic carbocycles. The minimum atomic E-state index is -4.80. The van der Waals surface area contributed by atoms with Gasteiger partial charge in [-0.2, -0.15) is 0 Å². The van der Waals surface area contributed by atoms with Crippen LogP contribution in [0.2, 0.25) is 0 Å². The van der Waals surface area contributed by atoms with Crippen molar-refractivity contribution in [1.82, 2.24) is 9.97 Å². The predicted molar refractivity (Wildman–Crippen MR) is 65.4 cm³/mol. The van der Waals surface area contributed by atoms with Crippen molar-refractivity contribution in [2.45, 2.75) is 6.36 Å². The molecule has 0 saturated carbocycles. The molecule has 2 aromatic rings. The van der Waals surface area contributed by atoms with E-state index in [2.05, 4.69) is 20.0 Å². The highest BCUT2D eigenvalue weighted by atomic mass is 19.4. The van der Waals surface area contributed by atoms with Crippen molar-refractivity contribution in [3.63, 3.8) is 0 Å². The highest BCUT2D eigenvalue weighted by Gasteiger charge is 2.31. The van der Waals surface area contributed by atoms with Crippen LogP contribution in [-0.2, 0) is 0 Å². The van der Waals surface area contributed by atoms with E-state index in [-0.39, 0.29) is 17.0 Å². The molecule has 0 aliphatic rings. The van der Waals surface area contributed by atoms with Gasteiger partial charge in [0.05, 0.1) is 18.1 Å². The Bertz CT molecular complexity index is 617. The van der Waals surface area contributed by atoms with Gasteiger partial charge < -0.3 is 15.2 Å². The van der Waals surface area contributed by atoms with Crippen molar-refractivity contribution in [3.05, 3.63) is 30.6 Å². The van der Waals surface area contributed by atoms with Crippen LogP contribution in [0.5, 0.6) is 11.5 Å². The fourth-order valence-electron chi connectivity index (χ4n) is 1.53. The van der Waals surface area contributed by atoms with Gasteiger partial charge in [-0.15, -0.1) is 13.2 Å². The fraction of sp³-hybridized carbons (Fsp3) is 0.167. The summed E-state index contributed by atoms with van der Waals surface area (Å²) in [5.74, 6) is -0.243. The molecule has 0 aliphatic carbocycles. The second kappa shape index (κ2) is 5.24. The maximum Gasteiger partial charge on any atom is 0.573 e. The number of hydrogen-bond acceptors (Lipinski definition) is 5. The number of aromatic nitrogens is 2. The summed E-state index contributed by atoms with van der Waals surface area (Å²) in [4.78, 5) is 7.97. The van der Waals surface area contributed by atoms with E-state index in [0.717, 1.165) is 18.2 Å². The van der Waals surface area contributed by atoms with Crippen LogP contribution in [0, 0.1) is 0 Å². The number of rotatable bonds is 3. The van der Waals surface area contributed by atoms with Crippen LogP contribution in [-0.4, -0.2) is 28.5 Å². The van der Waals surface area contributed by atoms with Crippen molar-refractivity contribution in [2.24, 2.45) is 0 Å². The largest absolute Gasteiger partial charge is 0.573 e. The Morgan fingerprint density at radius 2 is 2.00 bits per heavy atom. The molecule has 20 heavy (non-hydrogen) atoms. The van der Waals surface area contributed by atoms with Crippen molar-refractivity contribution in [2.75, 3.05) is 12.4 Å². The summed E-state index contributed by atoms with van der Waals surface area (Å²) in [6.45, 7) is 0. The van der Waals surface area contributed by atoms with Gasteiger partial charge in [0.15, 0.2) is 0 Å². The molecule has 1 aromatic heterocycles. The molecule has 0 bridgehead atoms. The fourth-order valence-corrected chi connectivity index (χ4v) is 1.53. The third-order valence-electron chi connectivity index (χ3n) is 2.37. The van der Waals surface area contributed by atoms with Crippen molar-refractivity contribution in [3.8, 4) is 22.8 Å². The standard InChI is InChI=1S/C12H10F3N3O2/c1-16-11-6-17-5-9(18-11)8-4-7(2-3-10(8)19)20-12(13,14)15/h2-6,19H,1H3,(H,16,18).